The molecule has 1 saturated carbocycles. The molecule has 2 rings (SSSR count). The van der Waals surface area contributed by atoms with Crippen LogP contribution >= 0.6 is 0 Å². The van der Waals surface area contributed by atoms with Gasteiger partial charge >= 0.3 is 12.0 Å². The number of benzene rings is 1. The summed E-state index contributed by atoms with van der Waals surface area (Å²) in [7, 11) is 0. The normalized spacial score (nSPS) is 21.9. The lowest BCUT2D eigenvalue weighted by Gasteiger charge is -2.13. The van der Waals surface area contributed by atoms with Crippen LogP contribution in [0.15, 0.2) is 24.3 Å². The van der Waals surface area contributed by atoms with Gasteiger partial charge in [-0.2, -0.15) is 0 Å². The van der Waals surface area contributed by atoms with Gasteiger partial charge in [0.05, 0.1) is 5.56 Å². The lowest BCUT2D eigenvalue weighted by atomic mass is 10.1. The minimum absolute atomic E-state index is 0.204. The molecule has 2 atom stereocenters. The van der Waals surface area contributed by atoms with Gasteiger partial charge in [-0.3, -0.25) is 0 Å². The smallest absolute Gasteiger partial charge is 0.335 e. The second-order valence-corrected chi connectivity index (χ2v) is 5.10. The largest absolute Gasteiger partial charge is 0.478 e. The third kappa shape index (κ3) is 3.71. The Balaban J connectivity index is 1.86. The van der Waals surface area contributed by atoms with Crippen LogP contribution in [0.4, 0.5) is 10.5 Å². The van der Waals surface area contributed by atoms with Crippen molar-refractivity contribution in [2.75, 3.05) is 5.32 Å². The van der Waals surface area contributed by atoms with E-state index in [1.165, 1.54) is 12.1 Å². The molecule has 3 N–H and O–H groups in total. The maximum atomic E-state index is 11.8. The number of anilines is 1. The van der Waals surface area contributed by atoms with Crippen LogP contribution in [0.5, 0.6) is 0 Å². The van der Waals surface area contributed by atoms with E-state index in [2.05, 4.69) is 17.6 Å². The second-order valence-electron chi connectivity index (χ2n) is 5.10. The molecular weight excluding hydrogens is 244 g/mol. The molecule has 19 heavy (non-hydrogen) atoms. The van der Waals surface area contributed by atoms with E-state index in [4.69, 9.17) is 5.11 Å². The standard InChI is InChI=1S/C14H18N2O3/c1-9-2-5-12(8-9)16-14(19)15-11-6-3-10(4-7-11)13(17)18/h3-4,6-7,9,12H,2,5,8H2,1H3,(H,17,18)(H2,15,16,19). The number of nitrogens with one attached hydrogen (secondary N) is 2. The van der Waals surface area contributed by atoms with E-state index in [0.29, 0.717) is 11.6 Å². The Hall–Kier alpha value is -2.04. The minimum Gasteiger partial charge on any atom is -0.478 e. The number of carbonyl (C=O) groups excluding carboxylic acids is 1. The Bertz CT molecular complexity index is 470. The number of carboxylic acids is 1. The molecule has 0 spiro atoms. The van der Waals surface area contributed by atoms with Crippen LogP contribution in [0, 0.1) is 5.92 Å². The summed E-state index contributed by atoms with van der Waals surface area (Å²) in [6, 6.07) is 6.11. The van der Waals surface area contributed by atoms with Crippen molar-refractivity contribution in [3.05, 3.63) is 29.8 Å². The number of amides is 2. The summed E-state index contributed by atoms with van der Waals surface area (Å²) >= 11 is 0. The van der Waals surface area contributed by atoms with Crippen LogP contribution in [-0.2, 0) is 0 Å². The Morgan fingerprint density at radius 3 is 2.42 bits per heavy atom. The Morgan fingerprint density at radius 1 is 1.21 bits per heavy atom. The van der Waals surface area contributed by atoms with Crippen LogP contribution in [0.3, 0.4) is 0 Å². The predicted molar refractivity (Wildman–Crippen MR) is 72.4 cm³/mol. The minimum atomic E-state index is -0.976. The zero-order valence-corrected chi connectivity index (χ0v) is 10.8. The molecule has 0 radical (unpaired) electrons. The van der Waals surface area contributed by atoms with Gasteiger partial charge in [0.2, 0.25) is 0 Å². The van der Waals surface area contributed by atoms with E-state index < -0.39 is 5.97 Å². The summed E-state index contributed by atoms with van der Waals surface area (Å²) in [6.45, 7) is 2.18. The lowest BCUT2D eigenvalue weighted by molar-refractivity contribution is 0.0697. The Morgan fingerprint density at radius 2 is 1.89 bits per heavy atom. The van der Waals surface area contributed by atoms with Crippen molar-refractivity contribution in [1.82, 2.24) is 5.32 Å². The number of carboxylic acid groups (broad SMARTS) is 1. The summed E-state index contributed by atoms with van der Waals surface area (Å²) in [5, 5.41) is 14.4. The Kier molecular flexibility index (Phi) is 4.04. The van der Waals surface area contributed by atoms with Crippen molar-refractivity contribution < 1.29 is 14.7 Å². The molecule has 1 fully saturated rings. The molecule has 0 saturated heterocycles. The molecule has 5 nitrogen and oxygen atoms in total. The van der Waals surface area contributed by atoms with E-state index >= 15 is 0 Å². The number of carbonyl (C=O) groups is 2. The zero-order chi connectivity index (χ0) is 13.8. The molecule has 0 aromatic heterocycles. The molecular formula is C14H18N2O3. The van der Waals surface area contributed by atoms with E-state index in [1.807, 2.05) is 0 Å². The molecule has 1 aliphatic rings. The van der Waals surface area contributed by atoms with Gasteiger partial charge in [-0.05, 0) is 49.4 Å². The average Bonchev–Trinajstić information content (AvgIpc) is 2.75. The molecule has 2 amide bonds. The lowest BCUT2D eigenvalue weighted by Crippen LogP contribution is -2.36. The highest BCUT2D eigenvalue weighted by Crippen LogP contribution is 2.24. The van der Waals surface area contributed by atoms with Crippen LogP contribution < -0.4 is 10.6 Å². The van der Waals surface area contributed by atoms with Gasteiger partial charge in [-0.15, -0.1) is 0 Å². The second kappa shape index (κ2) is 5.73. The average molecular weight is 262 g/mol. The van der Waals surface area contributed by atoms with E-state index in [9.17, 15) is 9.59 Å². The summed E-state index contributed by atoms with van der Waals surface area (Å²) < 4.78 is 0. The predicted octanol–water partition coefficient (Wildman–Crippen LogP) is 2.69. The zero-order valence-electron chi connectivity index (χ0n) is 10.8. The summed E-state index contributed by atoms with van der Waals surface area (Å²) in [4.78, 5) is 22.5. The SMILES string of the molecule is CC1CCC(NC(=O)Nc2ccc(C(=O)O)cc2)C1. The van der Waals surface area contributed by atoms with Gasteiger partial charge in [-0.1, -0.05) is 6.92 Å². The number of urea groups is 1. The monoisotopic (exact) mass is 262 g/mol. The molecule has 1 aromatic carbocycles. The van der Waals surface area contributed by atoms with Crippen molar-refractivity contribution >= 4 is 17.7 Å². The van der Waals surface area contributed by atoms with Gasteiger partial charge in [-0.25, -0.2) is 9.59 Å². The van der Waals surface area contributed by atoms with Gasteiger partial charge in [0, 0.05) is 11.7 Å². The first kappa shape index (κ1) is 13.4. The molecule has 5 heteroatoms. The van der Waals surface area contributed by atoms with Crippen LogP contribution in [0.2, 0.25) is 0 Å². The molecule has 0 bridgehead atoms. The highest BCUT2D eigenvalue weighted by Gasteiger charge is 2.22. The molecule has 1 aromatic rings. The van der Waals surface area contributed by atoms with Gasteiger partial charge < -0.3 is 15.7 Å². The van der Waals surface area contributed by atoms with Crippen molar-refractivity contribution in [3.8, 4) is 0 Å². The number of aromatic carboxylic acids is 1. The fraction of sp³-hybridized carbons (Fsp3) is 0.429. The van der Waals surface area contributed by atoms with Gasteiger partial charge in [0.15, 0.2) is 0 Å². The van der Waals surface area contributed by atoms with Gasteiger partial charge in [0.25, 0.3) is 0 Å². The summed E-state index contributed by atoms with van der Waals surface area (Å²) in [5.41, 5.74) is 0.795. The fourth-order valence-corrected chi connectivity index (χ4v) is 2.39. The first-order valence-electron chi connectivity index (χ1n) is 6.45. The van der Waals surface area contributed by atoms with Crippen LogP contribution in [0.25, 0.3) is 0 Å². The molecule has 0 heterocycles. The van der Waals surface area contributed by atoms with Crippen LogP contribution in [-0.4, -0.2) is 23.1 Å². The van der Waals surface area contributed by atoms with Crippen molar-refractivity contribution in [2.24, 2.45) is 5.92 Å². The Labute approximate surface area is 112 Å². The van der Waals surface area contributed by atoms with Crippen molar-refractivity contribution in [2.45, 2.75) is 32.2 Å². The third-order valence-electron chi connectivity index (χ3n) is 3.42. The molecule has 102 valence electrons. The van der Waals surface area contributed by atoms with Crippen molar-refractivity contribution in [3.63, 3.8) is 0 Å². The number of rotatable bonds is 3. The van der Waals surface area contributed by atoms with Crippen LogP contribution in [0.1, 0.15) is 36.5 Å². The van der Waals surface area contributed by atoms with E-state index in [0.717, 1.165) is 19.3 Å². The summed E-state index contributed by atoms with van der Waals surface area (Å²) in [6.07, 6.45) is 3.19. The maximum absolute atomic E-state index is 11.8. The molecule has 2 unspecified atom stereocenters. The third-order valence-corrected chi connectivity index (χ3v) is 3.42. The highest BCUT2D eigenvalue weighted by atomic mass is 16.4. The number of hydrogen-bond acceptors (Lipinski definition) is 2. The topological polar surface area (TPSA) is 78.4 Å². The summed E-state index contributed by atoms with van der Waals surface area (Å²) in [5.74, 6) is -0.309. The first-order chi connectivity index (χ1) is 9.04. The van der Waals surface area contributed by atoms with E-state index in [1.54, 1.807) is 12.1 Å². The molecule has 1 aliphatic carbocycles. The maximum Gasteiger partial charge on any atom is 0.335 e. The fourth-order valence-electron chi connectivity index (χ4n) is 2.39. The first-order valence-corrected chi connectivity index (χ1v) is 6.45. The van der Waals surface area contributed by atoms with E-state index in [-0.39, 0.29) is 17.6 Å². The number of hydrogen-bond donors (Lipinski definition) is 3. The quantitative estimate of drug-likeness (QED) is 0.783. The molecule has 0 aliphatic heterocycles. The van der Waals surface area contributed by atoms with Gasteiger partial charge in [0.1, 0.15) is 0 Å². The highest BCUT2D eigenvalue weighted by molar-refractivity contribution is 5.91. The van der Waals surface area contributed by atoms with Crippen molar-refractivity contribution in [1.29, 1.82) is 0 Å².